The Labute approximate surface area is 179 Å². The summed E-state index contributed by atoms with van der Waals surface area (Å²) in [4.78, 5) is 0. The van der Waals surface area contributed by atoms with Gasteiger partial charge < -0.3 is 36.1 Å². The molecule has 30 heavy (non-hydrogen) atoms. The molecule has 2 aliphatic rings. The van der Waals surface area contributed by atoms with Crippen LogP contribution in [0.25, 0.3) is 32.4 Å². The number of pyridine rings is 1. The summed E-state index contributed by atoms with van der Waals surface area (Å²) in [6.45, 7) is 4.53. The molecule has 0 spiro atoms. The summed E-state index contributed by atoms with van der Waals surface area (Å²) < 4.78 is 31.0. The van der Waals surface area contributed by atoms with Crippen molar-refractivity contribution in [3.63, 3.8) is 0 Å². The predicted molar refractivity (Wildman–Crippen MR) is 108 cm³/mol. The van der Waals surface area contributed by atoms with Gasteiger partial charge in [0.05, 0.1) is 22.3 Å². The van der Waals surface area contributed by atoms with Crippen molar-refractivity contribution in [2.24, 2.45) is 7.05 Å². The summed E-state index contributed by atoms with van der Waals surface area (Å²) in [5.41, 5.74) is 1.10. The fourth-order valence-electron chi connectivity index (χ4n) is 4.33. The maximum atomic E-state index is 6.20. The summed E-state index contributed by atoms with van der Waals surface area (Å²) in [5.74, 6) is 3.84. The van der Waals surface area contributed by atoms with E-state index >= 15 is 0 Å². The molecule has 4 aromatic rings. The van der Waals surface area contributed by atoms with E-state index in [1.807, 2.05) is 33.0 Å². The fourth-order valence-corrected chi connectivity index (χ4v) is 4.33. The Hall–Kier alpha value is -3.12. The molecule has 0 amide bonds. The first kappa shape index (κ1) is 18.9. The van der Waals surface area contributed by atoms with E-state index < -0.39 is 0 Å². The van der Waals surface area contributed by atoms with Gasteiger partial charge in [-0.2, -0.15) is 4.57 Å². The van der Waals surface area contributed by atoms with Crippen LogP contribution in [0.3, 0.4) is 0 Å². The van der Waals surface area contributed by atoms with Crippen molar-refractivity contribution < 1.29 is 40.7 Å². The molecular weight excluding hydrogens is 406 g/mol. The zero-order valence-corrected chi connectivity index (χ0v) is 17.6. The van der Waals surface area contributed by atoms with Gasteiger partial charge >= 0.3 is 0 Å². The fraction of sp³-hybridized carbons (Fsp3) is 0.261. The molecule has 1 aromatic heterocycles. The summed E-state index contributed by atoms with van der Waals surface area (Å²) >= 11 is 0. The summed E-state index contributed by atoms with van der Waals surface area (Å²) in [6.07, 6.45) is 2.12. The predicted octanol–water partition coefficient (Wildman–Crippen LogP) is 1.22. The molecule has 0 fully saturated rings. The van der Waals surface area contributed by atoms with E-state index in [2.05, 4.69) is 29.0 Å². The van der Waals surface area contributed by atoms with Crippen LogP contribution in [-0.4, -0.2) is 19.7 Å². The van der Waals surface area contributed by atoms with Crippen molar-refractivity contribution in [2.75, 3.05) is 13.6 Å². The molecule has 3 heterocycles. The zero-order valence-electron chi connectivity index (χ0n) is 16.8. The Morgan fingerprint density at radius 2 is 1.60 bits per heavy atom. The lowest BCUT2D eigenvalue weighted by Gasteiger charge is -2.15. The molecule has 7 heteroatoms. The van der Waals surface area contributed by atoms with Crippen LogP contribution in [0.2, 0.25) is 0 Å². The number of halogens is 1. The molecule has 0 saturated carbocycles. The van der Waals surface area contributed by atoms with Gasteiger partial charge in [0.25, 0.3) is 0 Å². The lowest BCUT2D eigenvalue weighted by Crippen LogP contribution is -3.00. The summed E-state index contributed by atoms with van der Waals surface area (Å²) in [7, 11) is 2.05. The number of benzene rings is 3. The van der Waals surface area contributed by atoms with Gasteiger partial charge in [-0.1, -0.05) is 6.07 Å². The van der Waals surface area contributed by atoms with E-state index in [0.29, 0.717) is 0 Å². The van der Waals surface area contributed by atoms with Crippen LogP contribution in [0.15, 0.2) is 36.5 Å². The number of ether oxygens (including phenoxy) is 5. The quantitative estimate of drug-likeness (QED) is 0.357. The van der Waals surface area contributed by atoms with Crippen molar-refractivity contribution in [1.82, 2.24) is 0 Å². The topological polar surface area (TPSA) is 50.0 Å². The second-order valence-electron chi connectivity index (χ2n) is 7.69. The average molecular weight is 426 g/mol. The Balaban J connectivity index is 0.00000193. The van der Waals surface area contributed by atoms with Crippen LogP contribution in [-0.2, 0) is 7.05 Å². The Kier molecular flexibility index (Phi) is 4.22. The maximum absolute atomic E-state index is 6.20. The minimum absolute atomic E-state index is 0. The standard InChI is InChI=1S/C23H20NO5.ClH/c1-12(2)29-19-8-20-23(28-11-27-20)16-9-24(3)22-14(21(16)19)5-4-13-6-17-18(7-15(13)22)26-10-25-17;/h4-9,12H,10-11H2,1-3H3;1H/q+1;/p-1. The monoisotopic (exact) mass is 425 g/mol. The molecule has 0 radical (unpaired) electrons. The highest BCUT2D eigenvalue weighted by atomic mass is 35.5. The number of aromatic nitrogens is 1. The van der Waals surface area contributed by atoms with E-state index in [-0.39, 0.29) is 32.1 Å². The van der Waals surface area contributed by atoms with Crippen LogP contribution in [0, 0.1) is 0 Å². The molecule has 6 rings (SSSR count). The minimum atomic E-state index is 0. The van der Waals surface area contributed by atoms with Crippen LogP contribution < -0.4 is 40.7 Å². The lowest BCUT2D eigenvalue weighted by atomic mass is 9.99. The van der Waals surface area contributed by atoms with Crippen molar-refractivity contribution in [1.29, 1.82) is 0 Å². The third-order valence-corrected chi connectivity index (χ3v) is 5.46. The van der Waals surface area contributed by atoms with Gasteiger partial charge in [-0.15, -0.1) is 0 Å². The van der Waals surface area contributed by atoms with Crippen molar-refractivity contribution >= 4 is 32.4 Å². The highest BCUT2D eigenvalue weighted by Gasteiger charge is 2.27. The first-order chi connectivity index (χ1) is 14.1. The third kappa shape index (κ3) is 2.60. The van der Waals surface area contributed by atoms with Crippen molar-refractivity contribution in [3.8, 4) is 28.7 Å². The highest BCUT2D eigenvalue weighted by Crippen LogP contribution is 2.47. The number of aryl methyl sites for hydroxylation is 1. The molecule has 2 aliphatic heterocycles. The number of nitrogens with zero attached hydrogens (tertiary/aromatic N) is 1. The number of hydrogen-bond donors (Lipinski definition) is 0. The first-order valence-corrected chi connectivity index (χ1v) is 9.68. The molecule has 6 nitrogen and oxygen atoms in total. The van der Waals surface area contributed by atoms with Gasteiger partial charge in [0, 0.05) is 11.5 Å². The number of hydrogen-bond acceptors (Lipinski definition) is 5. The SMILES string of the molecule is CC(C)Oc1cc2c(c3c[n+](C)c4c5cc6c(cc5ccc4c13)OCO6)OCO2.[Cl-]. The molecule has 0 saturated heterocycles. The first-order valence-electron chi connectivity index (χ1n) is 9.68. The van der Waals surface area contributed by atoms with Crippen LogP contribution in [0.1, 0.15) is 13.8 Å². The van der Waals surface area contributed by atoms with Gasteiger partial charge in [0.2, 0.25) is 19.1 Å². The second-order valence-corrected chi connectivity index (χ2v) is 7.69. The van der Waals surface area contributed by atoms with Gasteiger partial charge in [-0.05, 0) is 37.4 Å². The van der Waals surface area contributed by atoms with Gasteiger partial charge in [0.1, 0.15) is 12.8 Å². The molecule has 0 N–H and O–H groups in total. The number of rotatable bonds is 2. The summed E-state index contributed by atoms with van der Waals surface area (Å²) in [6, 6.07) is 10.3. The zero-order chi connectivity index (χ0) is 19.7. The highest BCUT2D eigenvalue weighted by molar-refractivity contribution is 6.17. The van der Waals surface area contributed by atoms with Crippen LogP contribution >= 0.6 is 0 Å². The van der Waals surface area contributed by atoms with Crippen LogP contribution in [0.4, 0.5) is 0 Å². The largest absolute Gasteiger partial charge is 1.00 e. The van der Waals surface area contributed by atoms with E-state index in [9.17, 15) is 0 Å². The lowest BCUT2D eigenvalue weighted by molar-refractivity contribution is -0.642. The van der Waals surface area contributed by atoms with E-state index in [0.717, 1.165) is 61.2 Å². The Bertz CT molecular complexity index is 1330. The van der Waals surface area contributed by atoms with Gasteiger partial charge in [-0.25, -0.2) is 0 Å². The number of fused-ring (bicyclic) bond motifs is 8. The third-order valence-electron chi connectivity index (χ3n) is 5.46. The van der Waals surface area contributed by atoms with Crippen LogP contribution in [0.5, 0.6) is 28.7 Å². The molecule has 3 aromatic carbocycles. The Morgan fingerprint density at radius 1 is 0.867 bits per heavy atom. The molecule has 154 valence electrons. The minimum Gasteiger partial charge on any atom is -1.00 e. The molecule has 0 unspecified atom stereocenters. The molecular formula is C23H20ClNO5. The maximum Gasteiger partial charge on any atom is 0.231 e. The smallest absolute Gasteiger partial charge is 0.231 e. The molecule has 0 bridgehead atoms. The van der Waals surface area contributed by atoms with Gasteiger partial charge in [0.15, 0.2) is 29.2 Å². The molecule has 0 aliphatic carbocycles. The van der Waals surface area contributed by atoms with Gasteiger partial charge in [-0.3, -0.25) is 0 Å². The second kappa shape index (κ2) is 6.71. The van der Waals surface area contributed by atoms with E-state index in [1.165, 1.54) is 0 Å². The summed E-state index contributed by atoms with van der Waals surface area (Å²) in [5, 5.41) is 5.29. The van der Waals surface area contributed by atoms with E-state index in [1.54, 1.807) is 0 Å². The molecule has 0 atom stereocenters. The van der Waals surface area contributed by atoms with Crippen molar-refractivity contribution in [3.05, 3.63) is 36.5 Å². The average Bonchev–Trinajstić information content (AvgIpc) is 3.33. The van der Waals surface area contributed by atoms with E-state index in [4.69, 9.17) is 23.7 Å². The normalized spacial score (nSPS) is 14.0. The van der Waals surface area contributed by atoms with Crippen molar-refractivity contribution in [2.45, 2.75) is 20.0 Å². The Morgan fingerprint density at radius 3 is 2.40 bits per heavy atom.